The molecule has 0 aliphatic carbocycles. The Labute approximate surface area is 199 Å². The zero-order chi connectivity index (χ0) is 24.7. The van der Waals surface area contributed by atoms with Crippen LogP contribution in [-0.2, 0) is 22.0 Å². The van der Waals surface area contributed by atoms with Crippen molar-refractivity contribution in [2.45, 2.75) is 37.0 Å². The van der Waals surface area contributed by atoms with Crippen molar-refractivity contribution in [2.24, 2.45) is 0 Å². The molecule has 1 amide bonds. The number of aliphatic hydroxyl groups is 2. The number of pyridine rings is 1. The van der Waals surface area contributed by atoms with Crippen LogP contribution >= 0.6 is 11.6 Å². The molecular weight excluding hydrogens is 475 g/mol. The molecule has 0 saturated carbocycles. The number of aliphatic hydroxyl groups excluding tert-OH is 1. The largest absolute Gasteiger partial charge is 0.491 e. The van der Waals surface area contributed by atoms with E-state index in [0.29, 0.717) is 37.5 Å². The molecule has 34 heavy (non-hydrogen) atoms. The molecule has 1 atom stereocenters. The predicted molar refractivity (Wildman–Crippen MR) is 119 cm³/mol. The van der Waals surface area contributed by atoms with E-state index < -0.39 is 35.1 Å². The highest BCUT2D eigenvalue weighted by atomic mass is 35.5. The number of ether oxygens (including phenoxy) is 1. The van der Waals surface area contributed by atoms with Gasteiger partial charge in [0.1, 0.15) is 18.0 Å². The molecule has 2 aliphatic heterocycles. The molecule has 0 radical (unpaired) electrons. The standard InChI is InChI=1S/C23H25ClF3N3O4/c1-21(33,13-31)19-17(23(25,26)27)11-15(12-28-19)34-9-8-30-6-4-22(5-7-30)16-10-14(24)2-3-18(16)29-20(22)32/h2-3,10-12,31,33H,4-9,13H2,1H3,(H,29,32)/t21-/m0/s1. The molecular formula is C23H25ClF3N3O4. The average Bonchev–Trinajstić information content (AvgIpc) is 3.05. The van der Waals surface area contributed by atoms with Crippen molar-refractivity contribution in [1.82, 2.24) is 9.88 Å². The second-order valence-electron chi connectivity index (χ2n) is 8.91. The van der Waals surface area contributed by atoms with E-state index in [1.54, 1.807) is 12.1 Å². The quantitative estimate of drug-likeness (QED) is 0.564. The summed E-state index contributed by atoms with van der Waals surface area (Å²) in [7, 11) is 0. The maximum absolute atomic E-state index is 13.5. The van der Waals surface area contributed by atoms with Gasteiger partial charge in [0.15, 0.2) is 0 Å². The Morgan fingerprint density at radius 1 is 1.26 bits per heavy atom. The van der Waals surface area contributed by atoms with Gasteiger partial charge in [-0.1, -0.05) is 11.6 Å². The Morgan fingerprint density at radius 2 is 1.97 bits per heavy atom. The molecule has 1 spiro atoms. The fourth-order valence-corrected chi connectivity index (χ4v) is 4.75. The first-order chi connectivity index (χ1) is 16.0. The highest BCUT2D eigenvalue weighted by molar-refractivity contribution is 6.31. The number of halogens is 4. The van der Waals surface area contributed by atoms with Gasteiger partial charge in [-0.3, -0.25) is 14.7 Å². The fraction of sp³-hybridized carbons (Fsp3) is 0.478. The highest BCUT2D eigenvalue weighted by Crippen LogP contribution is 2.45. The smallest absolute Gasteiger partial charge is 0.418 e. The molecule has 1 aromatic heterocycles. The number of likely N-dealkylation sites (tertiary alicyclic amines) is 1. The fourth-order valence-electron chi connectivity index (χ4n) is 4.58. The number of piperidine rings is 1. The summed E-state index contributed by atoms with van der Waals surface area (Å²) in [5.41, 5.74) is -2.89. The molecule has 1 aromatic carbocycles. The van der Waals surface area contributed by atoms with Crippen molar-refractivity contribution in [1.29, 1.82) is 0 Å². The number of anilines is 1. The van der Waals surface area contributed by atoms with Crippen molar-refractivity contribution in [2.75, 3.05) is 38.2 Å². The number of hydrogen-bond donors (Lipinski definition) is 3. The Bertz CT molecular complexity index is 1090. The van der Waals surface area contributed by atoms with Crippen molar-refractivity contribution in [3.8, 4) is 5.75 Å². The van der Waals surface area contributed by atoms with Crippen LogP contribution in [0.25, 0.3) is 0 Å². The first kappa shape index (κ1) is 24.7. The van der Waals surface area contributed by atoms with Crippen molar-refractivity contribution in [3.63, 3.8) is 0 Å². The van der Waals surface area contributed by atoms with Gasteiger partial charge in [0.2, 0.25) is 5.91 Å². The molecule has 184 valence electrons. The number of nitrogens with one attached hydrogen (secondary N) is 1. The summed E-state index contributed by atoms with van der Waals surface area (Å²) >= 11 is 6.14. The third-order valence-electron chi connectivity index (χ3n) is 6.55. The first-order valence-electron chi connectivity index (χ1n) is 10.8. The van der Waals surface area contributed by atoms with Crippen LogP contribution in [0.1, 0.15) is 36.6 Å². The molecule has 2 aliphatic rings. The minimum Gasteiger partial charge on any atom is -0.491 e. The van der Waals surface area contributed by atoms with Gasteiger partial charge in [-0.25, -0.2) is 0 Å². The molecule has 3 N–H and O–H groups in total. The lowest BCUT2D eigenvalue weighted by Gasteiger charge is -2.38. The van der Waals surface area contributed by atoms with Crippen LogP contribution in [-0.4, -0.2) is 58.9 Å². The van der Waals surface area contributed by atoms with Gasteiger partial charge in [0, 0.05) is 17.3 Å². The van der Waals surface area contributed by atoms with E-state index in [4.69, 9.17) is 16.3 Å². The third kappa shape index (κ3) is 4.59. The lowest BCUT2D eigenvalue weighted by atomic mass is 9.73. The molecule has 4 rings (SSSR count). The van der Waals surface area contributed by atoms with E-state index in [0.717, 1.165) is 30.4 Å². The van der Waals surface area contributed by atoms with Crippen LogP contribution in [0.4, 0.5) is 18.9 Å². The number of carbonyl (C=O) groups excluding carboxylic acids is 1. The van der Waals surface area contributed by atoms with Gasteiger partial charge >= 0.3 is 6.18 Å². The summed E-state index contributed by atoms with van der Waals surface area (Å²) in [5, 5.41) is 22.8. The Balaban J connectivity index is 1.38. The average molecular weight is 500 g/mol. The number of carbonyl (C=O) groups is 1. The summed E-state index contributed by atoms with van der Waals surface area (Å²) in [5.74, 6) is -0.123. The summed E-state index contributed by atoms with van der Waals surface area (Å²) in [6.45, 7) is 1.97. The zero-order valence-electron chi connectivity index (χ0n) is 18.5. The lowest BCUT2D eigenvalue weighted by molar-refractivity contribution is -0.142. The number of hydrogen-bond acceptors (Lipinski definition) is 6. The second-order valence-corrected chi connectivity index (χ2v) is 9.35. The zero-order valence-corrected chi connectivity index (χ0v) is 19.2. The minimum atomic E-state index is -4.77. The van der Waals surface area contributed by atoms with Crippen molar-refractivity contribution < 1.29 is 32.9 Å². The highest BCUT2D eigenvalue weighted by Gasteiger charge is 2.48. The van der Waals surface area contributed by atoms with E-state index >= 15 is 0 Å². The third-order valence-corrected chi connectivity index (χ3v) is 6.79. The van der Waals surface area contributed by atoms with Crippen LogP contribution in [0.15, 0.2) is 30.5 Å². The number of benzene rings is 1. The molecule has 0 unspecified atom stereocenters. The van der Waals surface area contributed by atoms with Gasteiger partial charge in [-0.05, 0) is 62.7 Å². The van der Waals surface area contributed by atoms with Gasteiger partial charge in [-0.15, -0.1) is 0 Å². The van der Waals surface area contributed by atoms with Gasteiger partial charge in [-0.2, -0.15) is 13.2 Å². The summed E-state index contributed by atoms with van der Waals surface area (Å²) in [6, 6.07) is 6.15. The molecule has 7 nitrogen and oxygen atoms in total. The monoisotopic (exact) mass is 499 g/mol. The van der Waals surface area contributed by atoms with Crippen molar-refractivity contribution in [3.05, 3.63) is 52.3 Å². The molecule has 0 bridgehead atoms. The van der Waals surface area contributed by atoms with Crippen LogP contribution in [0, 0.1) is 0 Å². The molecule has 1 fully saturated rings. The van der Waals surface area contributed by atoms with Crippen LogP contribution in [0.3, 0.4) is 0 Å². The molecule has 1 saturated heterocycles. The van der Waals surface area contributed by atoms with Gasteiger partial charge in [0.05, 0.1) is 29.5 Å². The summed E-state index contributed by atoms with van der Waals surface area (Å²) in [6.07, 6.45) is -2.49. The molecule has 2 aromatic rings. The lowest BCUT2D eigenvalue weighted by Crippen LogP contribution is -2.47. The second kappa shape index (κ2) is 8.99. The van der Waals surface area contributed by atoms with E-state index in [2.05, 4.69) is 15.2 Å². The van der Waals surface area contributed by atoms with Crippen LogP contribution in [0.2, 0.25) is 5.02 Å². The van der Waals surface area contributed by atoms with E-state index in [1.165, 1.54) is 0 Å². The number of nitrogens with zero attached hydrogens (tertiary/aromatic N) is 2. The Hall–Kier alpha value is -2.40. The molecule has 3 heterocycles. The van der Waals surface area contributed by atoms with Crippen LogP contribution in [0.5, 0.6) is 5.75 Å². The number of fused-ring (bicyclic) bond motifs is 2. The number of aromatic nitrogens is 1. The van der Waals surface area contributed by atoms with Crippen LogP contribution < -0.4 is 10.1 Å². The number of alkyl halides is 3. The van der Waals surface area contributed by atoms with E-state index in [9.17, 15) is 28.2 Å². The topological polar surface area (TPSA) is 94.9 Å². The minimum absolute atomic E-state index is 0.0368. The maximum atomic E-state index is 13.5. The van der Waals surface area contributed by atoms with Crippen molar-refractivity contribution >= 4 is 23.2 Å². The number of amides is 1. The van der Waals surface area contributed by atoms with Gasteiger partial charge in [0.25, 0.3) is 0 Å². The van der Waals surface area contributed by atoms with Gasteiger partial charge < -0.3 is 20.3 Å². The summed E-state index contributed by atoms with van der Waals surface area (Å²) in [4.78, 5) is 18.5. The maximum Gasteiger partial charge on any atom is 0.418 e. The van der Waals surface area contributed by atoms with E-state index in [-0.39, 0.29) is 18.3 Å². The molecule has 11 heteroatoms. The Kier molecular flexibility index (Phi) is 6.54. The summed E-state index contributed by atoms with van der Waals surface area (Å²) < 4.78 is 45.9. The van der Waals surface area contributed by atoms with E-state index in [1.807, 2.05) is 6.07 Å². The Morgan fingerprint density at radius 3 is 2.62 bits per heavy atom. The SMILES string of the molecule is C[C@](O)(CO)c1ncc(OCCN2CCC3(CC2)C(=O)Nc2ccc(Cl)cc23)cc1C(F)(F)F. The number of rotatable bonds is 6. The normalized spacial score (nSPS) is 19.6. The predicted octanol–water partition coefficient (Wildman–Crippen LogP) is 3.32. The first-order valence-corrected chi connectivity index (χ1v) is 11.2.